The molecule has 1 heterocycles. The van der Waals surface area contributed by atoms with Gasteiger partial charge in [-0.3, -0.25) is 19.4 Å². The molecule has 3 rings (SSSR count). The lowest BCUT2D eigenvalue weighted by Gasteiger charge is -2.37. The minimum atomic E-state index is -0.126. The van der Waals surface area contributed by atoms with E-state index in [0.29, 0.717) is 28.3 Å². The smallest absolute Gasteiger partial charge is 0.238 e. The number of nitrogens with zero attached hydrogens (tertiary/aromatic N) is 2. The number of hydrogen-bond donors (Lipinski definition) is 2. The molecule has 1 saturated heterocycles. The number of benzene rings is 1. The zero-order chi connectivity index (χ0) is 18.7. The third kappa shape index (κ3) is 5.33. The fourth-order valence-corrected chi connectivity index (χ4v) is 3.46. The number of nitrogens with one attached hydrogen (secondary N) is 2. The average Bonchev–Trinajstić information content (AvgIpc) is 3.41. The topological polar surface area (TPSA) is 64.7 Å². The number of carbonyl (C=O) groups is 2. The number of anilines is 1. The second kappa shape index (κ2) is 8.57. The van der Waals surface area contributed by atoms with E-state index >= 15 is 0 Å². The van der Waals surface area contributed by atoms with E-state index in [1.165, 1.54) is 0 Å². The Morgan fingerprint density at radius 2 is 1.88 bits per heavy atom. The minimum Gasteiger partial charge on any atom is -0.352 e. The summed E-state index contributed by atoms with van der Waals surface area (Å²) in [7, 11) is 0. The molecule has 2 N–H and O–H groups in total. The lowest BCUT2D eigenvalue weighted by Crippen LogP contribution is -2.55. The van der Waals surface area contributed by atoms with Crippen molar-refractivity contribution in [1.82, 2.24) is 15.1 Å². The summed E-state index contributed by atoms with van der Waals surface area (Å²) < 4.78 is 0. The Labute approximate surface area is 163 Å². The Bertz CT molecular complexity index is 673. The van der Waals surface area contributed by atoms with Crippen LogP contribution in [0.3, 0.4) is 0 Å². The zero-order valence-corrected chi connectivity index (χ0v) is 16.3. The molecular weight excluding hydrogens is 375 g/mol. The molecule has 1 aliphatic heterocycles. The van der Waals surface area contributed by atoms with Gasteiger partial charge in [0.25, 0.3) is 0 Å². The second-order valence-electron chi connectivity index (χ2n) is 6.94. The van der Waals surface area contributed by atoms with Gasteiger partial charge in [0.05, 0.1) is 23.3 Å². The van der Waals surface area contributed by atoms with Gasteiger partial charge in [0.1, 0.15) is 0 Å². The predicted molar refractivity (Wildman–Crippen MR) is 104 cm³/mol. The molecule has 8 heteroatoms. The molecule has 1 atom stereocenters. The van der Waals surface area contributed by atoms with Crippen molar-refractivity contribution in [3.05, 3.63) is 28.2 Å². The summed E-state index contributed by atoms with van der Waals surface area (Å²) in [4.78, 5) is 28.7. The van der Waals surface area contributed by atoms with Gasteiger partial charge in [-0.2, -0.15) is 0 Å². The molecule has 1 aromatic rings. The number of amides is 2. The Balaban J connectivity index is 1.43. The first kappa shape index (κ1) is 19.4. The molecule has 0 aromatic heterocycles. The zero-order valence-electron chi connectivity index (χ0n) is 14.8. The summed E-state index contributed by atoms with van der Waals surface area (Å²) in [5, 5.41) is 6.82. The summed E-state index contributed by atoms with van der Waals surface area (Å²) >= 11 is 11.9. The molecule has 26 heavy (non-hydrogen) atoms. The van der Waals surface area contributed by atoms with Gasteiger partial charge in [-0.15, -0.1) is 0 Å². The first-order valence-electron chi connectivity index (χ1n) is 8.94. The van der Waals surface area contributed by atoms with Crippen LogP contribution < -0.4 is 10.6 Å². The first-order valence-corrected chi connectivity index (χ1v) is 9.69. The molecule has 2 amide bonds. The fraction of sp³-hybridized carbons (Fsp3) is 0.556. The molecule has 1 aromatic carbocycles. The van der Waals surface area contributed by atoms with Crippen LogP contribution in [-0.4, -0.2) is 66.4 Å². The Hall–Kier alpha value is -1.34. The van der Waals surface area contributed by atoms with Crippen molar-refractivity contribution in [3.63, 3.8) is 0 Å². The van der Waals surface area contributed by atoms with E-state index in [0.717, 1.165) is 39.0 Å². The number of carbonyl (C=O) groups excluding carboxylic acids is 2. The van der Waals surface area contributed by atoms with Crippen LogP contribution in [-0.2, 0) is 9.59 Å². The SMILES string of the molecule is C[C@@H](C(=O)NC1CC1)N1CCN(CC(=O)Nc2ccc(Cl)cc2Cl)CC1. The number of halogens is 2. The molecule has 6 nitrogen and oxygen atoms in total. The van der Waals surface area contributed by atoms with Crippen molar-refractivity contribution in [2.45, 2.75) is 31.8 Å². The molecule has 2 fully saturated rings. The standard InChI is InChI=1S/C18H24Cl2N4O2/c1-12(18(26)21-14-3-4-14)24-8-6-23(7-9-24)11-17(25)22-16-5-2-13(19)10-15(16)20/h2,5,10,12,14H,3-4,6-9,11H2,1H3,(H,21,26)(H,22,25)/t12-/m0/s1. The fourth-order valence-electron chi connectivity index (χ4n) is 3.01. The maximum absolute atomic E-state index is 12.2. The van der Waals surface area contributed by atoms with Gasteiger partial charge in [0, 0.05) is 37.2 Å². The van der Waals surface area contributed by atoms with Crippen molar-refractivity contribution in [1.29, 1.82) is 0 Å². The van der Waals surface area contributed by atoms with Gasteiger partial charge in [-0.1, -0.05) is 23.2 Å². The van der Waals surface area contributed by atoms with Crippen molar-refractivity contribution in [3.8, 4) is 0 Å². The van der Waals surface area contributed by atoms with Crippen molar-refractivity contribution in [2.24, 2.45) is 0 Å². The van der Waals surface area contributed by atoms with Gasteiger partial charge in [0.15, 0.2) is 0 Å². The van der Waals surface area contributed by atoms with Crippen LogP contribution in [0.2, 0.25) is 10.0 Å². The molecule has 142 valence electrons. The third-order valence-corrected chi connectivity index (χ3v) is 5.38. The largest absolute Gasteiger partial charge is 0.352 e. The Kier molecular flexibility index (Phi) is 6.40. The monoisotopic (exact) mass is 398 g/mol. The molecule has 0 bridgehead atoms. The highest BCUT2D eigenvalue weighted by atomic mass is 35.5. The Morgan fingerprint density at radius 3 is 2.50 bits per heavy atom. The van der Waals surface area contributed by atoms with Gasteiger partial charge in [0.2, 0.25) is 11.8 Å². The summed E-state index contributed by atoms with van der Waals surface area (Å²) in [6.45, 7) is 5.30. The molecule has 1 aliphatic carbocycles. The van der Waals surface area contributed by atoms with Gasteiger partial charge >= 0.3 is 0 Å². The average molecular weight is 399 g/mol. The van der Waals surface area contributed by atoms with Crippen LogP contribution in [0.1, 0.15) is 19.8 Å². The van der Waals surface area contributed by atoms with E-state index in [1.807, 2.05) is 6.92 Å². The highest BCUT2D eigenvalue weighted by molar-refractivity contribution is 6.36. The molecule has 0 spiro atoms. The second-order valence-corrected chi connectivity index (χ2v) is 7.79. The maximum atomic E-state index is 12.2. The van der Waals surface area contributed by atoms with Crippen LogP contribution in [0, 0.1) is 0 Å². The summed E-state index contributed by atoms with van der Waals surface area (Å²) in [6.07, 6.45) is 2.19. The first-order chi connectivity index (χ1) is 12.4. The molecule has 0 radical (unpaired) electrons. The third-order valence-electron chi connectivity index (χ3n) is 4.83. The number of piperazine rings is 1. The quantitative estimate of drug-likeness (QED) is 0.770. The lowest BCUT2D eigenvalue weighted by molar-refractivity contribution is -0.127. The predicted octanol–water partition coefficient (Wildman–Crippen LogP) is 2.22. The summed E-state index contributed by atoms with van der Waals surface area (Å²) in [6, 6.07) is 5.25. The lowest BCUT2D eigenvalue weighted by atomic mass is 10.2. The maximum Gasteiger partial charge on any atom is 0.238 e. The highest BCUT2D eigenvalue weighted by Crippen LogP contribution is 2.25. The number of rotatable bonds is 6. The van der Waals surface area contributed by atoms with E-state index in [-0.39, 0.29) is 17.9 Å². The van der Waals surface area contributed by atoms with Gasteiger partial charge in [-0.25, -0.2) is 0 Å². The van der Waals surface area contributed by atoms with E-state index in [1.54, 1.807) is 18.2 Å². The van der Waals surface area contributed by atoms with E-state index in [2.05, 4.69) is 20.4 Å². The highest BCUT2D eigenvalue weighted by Gasteiger charge is 2.30. The van der Waals surface area contributed by atoms with Crippen LogP contribution in [0.25, 0.3) is 0 Å². The molecule has 1 saturated carbocycles. The normalized spacial score (nSPS) is 19.8. The van der Waals surface area contributed by atoms with Crippen LogP contribution >= 0.6 is 23.2 Å². The van der Waals surface area contributed by atoms with E-state index < -0.39 is 0 Å². The summed E-state index contributed by atoms with van der Waals surface area (Å²) in [5.41, 5.74) is 0.560. The molecule has 2 aliphatic rings. The van der Waals surface area contributed by atoms with Crippen LogP contribution in [0.5, 0.6) is 0 Å². The summed E-state index contributed by atoms with van der Waals surface area (Å²) in [5.74, 6) is -0.00160. The van der Waals surface area contributed by atoms with E-state index in [9.17, 15) is 9.59 Å². The Morgan fingerprint density at radius 1 is 1.19 bits per heavy atom. The van der Waals surface area contributed by atoms with Crippen LogP contribution in [0.15, 0.2) is 18.2 Å². The molecular formula is C18H24Cl2N4O2. The minimum absolute atomic E-state index is 0.107. The number of hydrogen-bond acceptors (Lipinski definition) is 4. The van der Waals surface area contributed by atoms with E-state index in [4.69, 9.17) is 23.2 Å². The van der Waals surface area contributed by atoms with Gasteiger partial charge in [-0.05, 0) is 38.0 Å². The van der Waals surface area contributed by atoms with Crippen molar-refractivity contribution in [2.75, 3.05) is 38.0 Å². The van der Waals surface area contributed by atoms with Crippen molar-refractivity contribution >= 4 is 40.7 Å². The van der Waals surface area contributed by atoms with Crippen LogP contribution in [0.4, 0.5) is 5.69 Å². The molecule has 0 unspecified atom stereocenters. The van der Waals surface area contributed by atoms with Crippen molar-refractivity contribution < 1.29 is 9.59 Å². The van der Waals surface area contributed by atoms with Gasteiger partial charge < -0.3 is 10.6 Å².